The highest BCUT2D eigenvalue weighted by atomic mass is 19.1. The molecular weight excluding hydrogens is 274 g/mol. The number of ether oxygens (including phenoxy) is 1. The first-order valence-corrected chi connectivity index (χ1v) is 6.34. The summed E-state index contributed by atoms with van der Waals surface area (Å²) in [5.74, 6) is -0.539. The van der Waals surface area contributed by atoms with Gasteiger partial charge >= 0.3 is 0 Å². The first-order valence-electron chi connectivity index (χ1n) is 6.34. The van der Waals surface area contributed by atoms with Crippen molar-refractivity contribution in [2.45, 2.75) is 6.54 Å². The maximum Gasteiger partial charge on any atom is 0.131 e. The van der Waals surface area contributed by atoms with E-state index in [4.69, 9.17) is 10.00 Å². The molecule has 0 aromatic heterocycles. The van der Waals surface area contributed by atoms with E-state index in [9.17, 15) is 8.78 Å². The first-order chi connectivity index (χ1) is 10.1. The lowest BCUT2D eigenvalue weighted by molar-refractivity contribution is 0.415. The van der Waals surface area contributed by atoms with Crippen LogP contribution in [0.4, 0.5) is 14.5 Å². The van der Waals surface area contributed by atoms with Gasteiger partial charge in [-0.1, -0.05) is 6.07 Å². The van der Waals surface area contributed by atoms with Crippen molar-refractivity contribution in [3.05, 3.63) is 59.7 Å². The van der Waals surface area contributed by atoms with Gasteiger partial charge in [0.1, 0.15) is 23.9 Å². The maximum absolute atomic E-state index is 13.7. The Morgan fingerprint density at radius 1 is 1.14 bits per heavy atom. The Bertz CT molecular complexity index is 650. The molecule has 2 aromatic rings. The predicted molar refractivity (Wildman–Crippen MR) is 76.0 cm³/mol. The zero-order valence-corrected chi connectivity index (χ0v) is 11.5. The Kier molecular flexibility index (Phi) is 4.72. The number of hydrogen-bond acceptors (Lipinski definition) is 3. The normalized spacial score (nSPS) is 10.0. The fourth-order valence-electron chi connectivity index (χ4n) is 1.97. The summed E-state index contributed by atoms with van der Waals surface area (Å²) in [6.07, 6.45) is 0. The summed E-state index contributed by atoms with van der Waals surface area (Å²) in [6.45, 7) is 0.287. The molecule has 2 aromatic carbocycles. The van der Waals surface area contributed by atoms with Crippen LogP contribution in [-0.2, 0) is 6.54 Å². The second kappa shape index (κ2) is 6.71. The summed E-state index contributed by atoms with van der Waals surface area (Å²) in [6, 6.07) is 12.6. The van der Waals surface area contributed by atoms with Gasteiger partial charge in [-0.2, -0.15) is 5.26 Å². The van der Waals surface area contributed by atoms with Gasteiger partial charge in [-0.25, -0.2) is 8.78 Å². The minimum absolute atomic E-state index is 0.100. The molecular formula is C16H14F2N2O. The van der Waals surface area contributed by atoms with Crippen molar-refractivity contribution in [1.29, 1.82) is 5.26 Å². The van der Waals surface area contributed by atoms with Crippen LogP contribution in [0.3, 0.4) is 0 Å². The highest BCUT2D eigenvalue weighted by Crippen LogP contribution is 2.22. The molecule has 108 valence electrons. The van der Waals surface area contributed by atoms with E-state index in [2.05, 4.69) is 0 Å². The molecule has 3 nitrogen and oxygen atoms in total. The van der Waals surface area contributed by atoms with Gasteiger partial charge < -0.3 is 9.64 Å². The monoisotopic (exact) mass is 288 g/mol. The fraction of sp³-hybridized carbons (Fsp3) is 0.188. The van der Waals surface area contributed by atoms with E-state index in [1.807, 2.05) is 6.07 Å². The van der Waals surface area contributed by atoms with Gasteiger partial charge in [0.2, 0.25) is 0 Å². The zero-order chi connectivity index (χ0) is 15.2. The van der Waals surface area contributed by atoms with Crippen LogP contribution in [0.2, 0.25) is 0 Å². The van der Waals surface area contributed by atoms with Crippen molar-refractivity contribution in [3.8, 4) is 11.8 Å². The van der Waals surface area contributed by atoms with Crippen LogP contribution in [0, 0.1) is 23.0 Å². The third kappa shape index (κ3) is 3.69. The number of nitrogens with zero attached hydrogens (tertiary/aromatic N) is 2. The van der Waals surface area contributed by atoms with Crippen LogP contribution >= 0.6 is 0 Å². The number of methoxy groups -OCH3 is 1. The lowest BCUT2D eigenvalue weighted by atomic mass is 10.1. The third-order valence-corrected chi connectivity index (χ3v) is 3.08. The molecule has 0 bridgehead atoms. The summed E-state index contributed by atoms with van der Waals surface area (Å²) in [4.78, 5) is 1.70. The largest absolute Gasteiger partial charge is 0.497 e. The van der Waals surface area contributed by atoms with Crippen LogP contribution in [0.1, 0.15) is 5.56 Å². The molecule has 0 aliphatic heterocycles. The molecule has 0 heterocycles. The third-order valence-electron chi connectivity index (χ3n) is 3.08. The lowest BCUT2D eigenvalue weighted by Gasteiger charge is -2.22. The molecule has 0 unspecified atom stereocenters. The van der Waals surface area contributed by atoms with Gasteiger partial charge in [-0.15, -0.1) is 0 Å². The molecule has 0 amide bonds. The average Bonchev–Trinajstić information content (AvgIpc) is 2.49. The minimum Gasteiger partial charge on any atom is -0.497 e. The Hall–Kier alpha value is -2.61. The number of benzene rings is 2. The van der Waals surface area contributed by atoms with E-state index >= 15 is 0 Å². The molecule has 0 N–H and O–H groups in total. The smallest absolute Gasteiger partial charge is 0.131 e. The molecule has 21 heavy (non-hydrogen) atoms. The van der Waals surface area contributed by atoms with E-state index < -0.39 is 11.6 Å². The van der Waals surface area contributed by atoms with Crippen LogP contribution in [0.15, 0.2) is 42.5 Å². The predicted octanol–water partition coefficient (Wildman–Crippen LogP) is 3.50. The summed E-state index contributed by atoms with van der Waals surface area (Å²) in [5, 5.41) is 8.92. The fourth-order valence-corrected chi connectivity index (χ4v) is 1.97. The summed E-state index contributed by atoms with van der Waals surface area (Å²) in [5.41, 5.74) is 1.10. The number of rotatable bonds is 5. The Labute approximate surface area is 122 Å². The summed E-state index contributed by atoms with van der Waals surface area (Å²) in [7, 11) is 1.57. The SMILES string of the molecule is COc1ccc(N(CC#N)Cc2ccc(F)cc2F)cc1. The lowest BCUT2D eigenvalue weighted by Crippen LogP contribution is -2.23. The molecule has 0 saturated heterocycles. The van der Waals surface area contributed by atoms with E-state index in [1.54, 1.807) is 36.3 Å². The van der Waals surface area contributed by atoms with Crippen molar-refractivity contribution >= 4 is 5.69 Å². The molecule has 0 aliphatic rings. The molecule has 0 saturated carbocycles. The highest BCUT2D eigenvalue weighted by Gasteiger charge is 2.11. The van der Waals surface area contributed by atoms with Crippen molar-refractivity contribution in [3.63, 3.8) is 0 Å². The molecule has 0 fully saturated rings. The van der Waals surface area contributed by atoms with Gasteiger partial charge in [0.15, 0.2) is 0 Å². The second-order valence-electron chi connectivity index (χ2n) is 4.45. The molecule has 0 aliphatic carbocycles. The Balaban J connectivity index is 2.24. The van der Waals surface area contributed by atoms with E-state index in [1.165, 1.54) is 12.1 Å². The standard InChI is InChI=1S/C16H14F2N2O/c1-21-15-6-4-14(5-7-15)20(9-8-19)11-12-2-3-13(17)10-16(12)18/h2-7,10H,9,11H2,1H3. The van der Waals surface area contributed by atoms with Crippen LogP contribution in [-0.4, -0.2) is 13.7 Å². The van der Waals surface area contributed by atoms with Crippen molar-refractivity contribution in [2.75, 3.05) is 18.6 Å². The van der Waals surface area contributed by atoms with Crippen LogP contribution in [0.25, 0.3) is 0 Å². The van der Waals surface area contributed by atoms with E-state index in [0.29, 0.717) is 11.3 Å². The summed E-state index contributed by atoms with van der Waals surface area (Å²) >= 11 is 0. The molecule has 0 radical (unpaired) electrons. The topological polar surface area (TPSA) is 36.3 Å². The van der Waals surface area contributed by atoms with Crippen molar-refractivity contribution in [1.82, 2.24) is 0 Å². The van der Waals surface area contributed by atoms with Gasteiger partial charge in [-0.3, -0.25) is 0 Å². The zero-order valence-electron chi connectivity index (χ0n) is 11.5. The van der Waals surface area contributed by atoms with Crippen LogP contribution < -0.4 is 9.64 Å². The Morgan fingerprint density at radius 3 is 2.43 bits per heavy atom. The molecule has 0 spiro atoms. The molecule has 5 heteroatoms. The van der Waals surface area contributed by atoms with E-state index in [-0.39, 0.29) is 13.1 Å². The highest BCUT2D eigenvalue weighted by molar-refractivity contribution is 5.50. The average molecular weight is 288 g/mol. The maximum atomic E-state index is 13.7. The number of nitriles is 1. The second-order valence-corrected chi connectivity index (χ2v) is 4.45. The van der Waals surface area contributed by atoms with Gasteiger partial charge in [0, 0.05) is 23.9 Å². The number of hydrogen-bond donors (Lipinski definition) is 0. The van der Waals surface area contributed by atoms with Crippen molar-refractivity contribution < 1.29 is 13.5 Å². The summed E-state index contributed by atoms with van der Waals surface area (Å²) < 4.78 is 31.7. The molecule has 0 atom stereocenters. The van der Waals surface area contributed by atoms with Crippen LogP contribution in [0.5, 0.6) is 5.75 Å². The number of halogens is 2. The quantitative estimate of drug-likeness (QED) is 0.790. The van der Waals surface area contributed by atoms with Gasteiger partial charge in [0.05, 0.1) is 13.2 Å². The van der Waals surface area contributed by atoms with E-state index in [0.717, 1.165) is 11.8 Å². The minimum atomic E-state index is -0.619. The first kappa shape index (κ1) is 14.8. The van der Waals surface area contributed by atoms with Crippen molar-refractivity contribution in [2.24, 2.45) is 0 Å². The van der Waals surface area contributed by atoms with Gasteiger partial charge in [-0.05, 0) is 30.3 Å². The number of anilines is 1. The molecule has 2 rings (SSSR count). The Morgan fingerprint density at radius 2 is 1.86 bits per heavy atom. The van der Waals surface area contributed by atoms with Gasteiger partial charge in [0.25, 0.3) is 0 Å².